The SMILES string of the molecule is COC(=O)c1cccc(OCC(=O)Nc2cccc(Cl)c2)c1. The molecule has 2 aromatic carbocycles. The zero-order valence-electron chi connectivity index (χ0n) is 11.8. The van der Waals surface area contributed by atoms with E-state index in [1.807, 2.05) is 0 Å². The van der Waals surface area contributed by atoms with E-state index in [1.54, 1.807) is 42.5 Å². The van der Waals surface area contributed by atoms with E-state index < -0.39 is 5.97 Å². The van der Waals surface area contributed by atoms with Gasteiger partial charge < -0.3 is 14.8 Å². The molecular formula is C16H14ClNO4. The summed E-state index contributed by atoms with van der Waals surface area (Å²) in [5, 5.41) is 3.19. The van der Waals surface area contributed by atoms with Gasteiger partial charge in [0, 0.05) is 10.7 Å². The van der Waals surface area contributed by atoms with Crippen LogP contribution in [0.25, 0.3) is 0 Å². The molecule has 1 N–H and O–H groups in total. The number of ether oxygens (including phenoxy) is 2. The molecule has 0 fully saturated rings. The van der Waals surface area contributed by atoms with Crippen LogP contribution in [0.2, 0.25) is 5.02 Å². The number of anilines is 1. The van der Waals surface area contributed by atoms with Gasteiger partial charge in [-0.2, -0.15) is 0 Å². The molecule has 0 heterocycles. The Bertz CT molecular complexity index is 687. The number of hydrogen-bond acceptors (Lipinski definition) is 4. The number of nitrogens with one attached hydrogen (secondary N) is 1. The molecule has 0 spiro atoms. The van der Waals surface area contributed by atoms with E-state index in [2.05, 4.69) is 10.1 Å². The van der Waals surface area contributed by atoms with Crippen molar-refractivity contribution in [3.8, 4) is 5.75 Å². The van der Waals surface area contributed by atoms with Gasteiger partial charge in [-0.1, -0.05) is 23.7 Å². The normalized spacial score (nSPS) is 9.91. The minimum absolute atomic E-state index is 0.183. The fraction of sp³-hybridized carbons (Fsp3) is 0.125. The molecule has 0 radical (unpaired) electrons. The van der Waals surface area contributed by atoms with Crippen LogP contribution in [0.4, 0.5) is 5.69 Å². The second kappa shape index (κ2) is 7.47. The maximum Gasteiger partial charge on any atom is 0.337 e. The average molecular weight is 320 g/mol. The maximum absolute atomic E-state index is 11.8. The van der Waals surface area contributed by atoms with Crippen molar-refractivity contribution in [2.24, 2.45) is 0 Å². The van der Waals surface area contributed by atoms with Crippen molar-refractivity contribution in [2.45, 2.75) is 0 Å². The van der Waals surface area contributed by atoms with Crippen LogP contribution >= 0.6 is 11.6 Å². The highest BCUT2D eigenvalue weighted by atomic mass is 35.5. The lowest BCUT2D eigenvalue weighted by Gasteiger charge is -2.08. The van der Waals surface area contributed by atoms with Crippen molar-refractivity contribution in [3.05, 3.63) is 59.1 Å². The second-order valence-electron chi connectivity index (χ2n) is 4.37. The molecule has 0 atom stereocenters. The second-order valence-corrected chi connectivity index (χ2v) is 4.80. The Labute approximate surface area is 132 Å². The molecule has 22 heavy (non-hydrogen) atoms. The van der Waals surface area contributed by atoms with Crippen molar-refractivity contribution in [3.63, 3.8) is 0 Å². The first-order valence-corrected chi connectivity index (χ1v) is 6.83. The van der Waals surface area contributed by atoms with E-state index in [-0.39, 0.29) is 12.5 Å². The van der Waals surface area contributed by atoms with Crippen LogP contribution < -0.4 is 10.1 Å². The Balaban J connectivity index is 1.92. The fourth-order valence-corrected chi connectivity index (χ4v) is 1.93. The maximum atomic E-state index is 11.8. The Hall–Kier alpha value is -2.53. The van der Waals surface area contributed by atoms with Gasteiger partial charge >= 0.3 is 5.97 Å². The van der Waals surface area contributed by atoms with Crippen molar-refractivity contribution in [1.29, 1.82) is 0 Å². The number of methoxy groups -OCH3 is 1. The van der Waals surface area contributed by atoms with Crippen LogP contribution in [-0.2, 0) is 9.53 Å². The van der Waals surface area contributed by atoms with E-state index >= 15 is 0 Å². The molecule has 1 amide bonds. The van der Waals surface area contributed by atoms with Crippen LogP contribution in [-0.4, -0.2) is 25.6 Å². The van der Waals surface area contributed by atoms with Crippen molar-refractivity contribution >= 4 is 29.2 Å². The highest BCUT2D eigenvalue weighted by molar-refractivity contribution is 6.30. The van der Waals surface area contributed by atoms with Crippen LogP contribution in [0, 0.1) is 0 Å². The van der Waals surface area contributed by atoms with E-state index in [0.717, 1.165) is 0 Å². The van der Waals surface area contributed by atoms with E-state index in [0.29, 0.717) is 22.0 Å². The van der Waals surface area contributed by atoms with Gasteiger partial charge in [-0.05, 0) is 36.4 Å². The topological polar surface area (TPSA) is 64.6 Å². The van der Waals surface area contributed by atoms with Crippen LogP contribution in [0.1, 0.15) is 10.4 Å². The summed E-state index contributed by atoms with van der Waals surface area (Å²) in [6.45, 7) is -0.183. The molecule has 114 valence electrons. The summed E-state index contributed by atoms with van der Waals surface area (Å²) >= 11 is 5.84. The molecule has 5 nitrogen and oxygen atoms in total. The minimum atomic E-state index is -0.464. The predicted octanol–water partition coefficient (Wildman–Crippen LogP) is 3.14. The van der Waals surface area contributed by atoms with Gasteiger partial charge in [-0.25, -0.2) is 4.79 Å². The predicted molar refractivity (Wildman–Crippen MR) is 83.4 cm³/mol. The molecule has 2 rings (SSSR count). The quantitative estimate of drug-likeness (QED) is 0.860. The summed E-state index contributed by atoms with van der Waals surface area (Å²) in [6.07, 6.45) is 0. The lowest BCUT2D eigenvalue weighted by molar-refractivity contribution is -0.118. The van der Waals surface area contributed by atoms with Crippen LogP contribution in [0.15, 0.2) is 48.5 Å². The summed E-state index contributed by atoms with van der Waals surface area (Å²) in [5.74, 6) is -0.385. The zero-order chi connectivity index (χ0) is 15.9. The Morgan fingerprint density at radius 1 is 1.14 bits per heavy atom. The van der Waals surface area contributed by atoms with E-state index in [9.17, 15) is 9.59 Å². The lowest BCUT2D eigenvalue weighted by atomic mass is 10.2. The van der Waals surface area contributed by atoms with Gasteiger partial charge in [-0.3, -0.25) is 4.79 Å². The van der Waals surface area contributed by atoms with Crippen molar-refractivity contribution in [1.82, 2.24) is 0 Å². The first kappa shape index (κ1) is 15.9. The van der Waals surface area contributed by atoms with Gasteiger partial charge in [0.2, 0.25) is 0 Å². The number of amides is 1. The van der Waals surface area contributed by atoms with E-state index in [4.69, 9.17) is 16.3 Å². The van der Waals surface area contributed by atoms with Crippen LogP contribution in [0.5, 0.6) is 5.75 Å². The highest BCUT2D eigenvalue weighted by Gasteiger charge is 2.08. The molecule has 0 bridgehead atoms. The van der Waals surface area contributed by atoms with Gasteiger partial charge in [0.1, 0.15) is 5.75 Å². The summed E-state index contributed by atoms with van der Waals surface area (Å²) in [7, 11) is 1.30. The number of esters is 1. The molecule has 0 saturated heterocycles. The number of carbonyl (C=O) groups is 2. The fourth-order valence-electron chi connectivity index (χ4n) is 1.74. The number of hydrogen-bond donors (Lipinski definition) is 1. The number of halogens is 1. The third-order valence-electron chi connectivity index (χ3n) is 2.73. The van der Waals surface area contributed by atoms with Gasteiger partial charge in [0.25, 0.3) is 5.91 Å². The molecule has 6 heteroatoms. The molecule has 0 aromatic heterocycles. The van der Waals surface area contributed by atoms with Gasteiger partial charge in [-0.15, -0.1) is 0 Å². The van der Waals surface area contributed by atoms with Gasteiger partial charge in [0.15, 0.2) is 6.61 Å². The first-order chi connectivity index (χ1) is 10.6. The molecule has 0 aliphatic rings. The Morgan fingerprint density at radius 3 is 2.64 bits per heavy atom. The molecular weight excluding hydrogens is 306 g/mol. The largest absolute Gasteiger partial charge is 0.484 e. The minimum Gasteiger partial charge on any atom is -0.484 e. The third kappa shape index (κ3) is 4.49. The number of benzene rings is 2. The summed E-state index contributed by atoms with van der Waals surface area (Å²) in [5.41, 5.74) is 0.944. The van der Waals surface area contributed by atoms with Gasteiger partial charge in [0.05, 0.1) is 12.7 Å². The molecule has 0 unspecified atom stereocenters. The Morgan fingerprint density at radius 2 is 1.91 bits per heavy atom. The van der Waals surface area contributed by atoms with Crippen molar-refractivity contribution < 1.29 is 19.1 Å². The summed E-state index contributed by atoms with van der Waals surface area (Å²) in [4.78, 5) is 23.2. The molecule has 0 aliphatic carbocycles. The summed E-state index contributed by atoms with van der Waals surface area (Å²) in [6, 6.07) is 13.2. The molecule has 2 aromatic rings. The van der Waals surface area contributed by atoms with E-state index in [1.165, 1.54) is 13.2 Å². The zero-order valence-corrected chi connectivity index (χ0v) is 12.6. The summed E-state index contributed by atoms with van der Waals surface area (Å²) < 4.78 is 9.97. The third-order valence-corrected chi connectivity index (χ3v) is 2.97. The highest BCUT2D eigenvalue weighted by Crippen LogP contribution is 2.16. The number of carbonyl (C=O) groups excluding carboxylic acids is 2. The van der Waals surface area contributed by atoms with Crippen molar-refractivity contribution in [2.75, 3.05) is 19.0 Å². The molecule has 0 aliphatic heterocycles. The standard InChI is InChI=1S/C16H14ClNO4/c1-21-16(20)11-4-2-7-14(8-11)22-10-15(19)18-13-6-3-5-12(17)9-13/h2-9H,10H2,1H3,(H,18,19). The smallest absolute Gasteiger partial charge is 0.337 e. The average Bonchev–Trinajstić information content (AvgIpc) is 2.52. The Kier molecular flexibility index (Phi) is 5.38. The first-order valence-electron chi connectivity index (χ1n) is 6.45. The molecule has 0 saturated carbocycles. The monoisotopic (exact) mass is 319 g/mol. The number of rotatable bonds is 5. The van der Waals surface area contributed by atoms with Crippen LogP contribution in [0.3, 0.4) is 0 Å². The lowest BCUT2D eigenvalue weighted by Crippen LogP contribution is -2.20.